The highest BCUT2D eigenvalue weighted by molar-refractivity contribution is 7.89. The third kappa shape index (κ3) is 2.66. The summed E-state index contributed by atoms with van der Waals surface area (Å²) in [6.45, 7) is 0.506. The number of benzene rings is 1. The molecule has 1 aliphatic carbocycles. The molecule has 2 aliphatic rings. The maximum absolute atomic E-state index is 13.1. The van der Waals surface area contributed by atoms with Gasteiger partial charge in [-0.15, -0.1) is 0 Å². The van der Waals surface area contributed by atoms with E-state index in [1.165, 1.54) is 0 Å². The van der Waals surface area contributed by atoms with Gasteiger partial charge in [-0.2, -0.15) is 5.10 Å². The van der Waals surface area contributed by atoms with Crippen LogP contribution in [0.15, 0.2) is 35.4 Å². The summed E-state index contributed by atoms with van der Waals surface area (Å²) < 4.78 is 29.0. The van der Waals surface area contributed by atoms with Gasteiger partial charge in [0.05, 0.1) is 18.8 Å². The topological polar surface area (TPSA) is 64.4 Å². The number of hydroxylamine groups is 1. The van der Waals surface area contributed by atoms with E-state index in [1.807, 2.05) is 24.3 Å². The Morgan fingerprint density at radius 3 is 2.62 bits per heavy atom. The van der Waals surface area contributed by atoms with Crippen LogP contribution in [-0.2, 0) is 35.1 Å². The van der Waals surface area contributed by atoms with Crippen LogP contribution in [0.4, 0.5) is 0 Å². The summed E-state index contributed by atoms with van der Waals surface area (Å²) in [5, 5.41) is 4.45. The molecule has 7 heteroatoms. The van der Waals surface area contributed by atoms with Gasteiger partial charge in [-0.25, -0.2) is 8.42 Å². The molecule has 4 rings (SSSR count). The summed E-state index contributed by atoms with van der Waals surface area (Å²) >= 11 is 0. The number of aromatic nitrogens is 2. The lowest BCUT2D eigenvalue weighted by Crippen LogP contribution is -2.34. The van der Waals surface area contributed by atoms with Gasteiger partial charge in [0.1, 0.15) is 4.90 Å². The van der Waals surface area contributed by atoms with E-state index in [4.69, 9.17) is 4.84 Å². The van der Waals surface area contributed by atoms with Crippen LogP contribution in [0.1, 0.15) is 48.4 Å². The van der Waals surface area contributed by atoms with Gasteiger partial charge in [0.15, 0.2) is 0 Å². The molecule has 0 amide bonds. The quantitative estimate of drug-likeness (QED) is 0.856. The zero-order valence-electron chi connectivity index (χ0n) is 13.7. The first-order chi connectivity index (χ1) is 11.6. The summed E-state index contributed by atoms with van der Waals surface area (Å²) in [5.41, 5.74) is 2.71. The Balaban J connectivity index is 1.69. The van der Waals surface area contributed by atoms with Crippen LogP contribution in [-0.4, -0.2) is 22.7 Å². The van der Waals surface area contributed by atoms with Gasteiger partial charge >= 0.3 is 0 Å². The van der Waals surface area contributed by atoms with Crippen molar-refractivity contribution in [2.75, 3.05) is 0 Å². The number of sulfonamides is 1. The van der Waals surface area contributed by atoms with Gasteiger partial charge in [-0.05, 0) is 24.0 Å². The number of hydrogen-bond acceptors (Lipinski definition) is 4. The van der Waals surface area contributed by atoms with Crippen molar-refractivity contribution in [3.63, 3.8) is 0 Å². The summed E-state index contributed by atoms with van der Waals surface area (Å²) in [6.07, 6.45) is 5.88. The van der Waals surface area contributed by atoms with Gasteiger partial charge in [0, 0.05) is 19.2 Å². The average Bonchev–Trinajstić information content (AvgIpc) is 3.23. The Morgan fingerprint density at radius 1 is 1.17 bits per heavy atom. The molecule has 1 aromatic heterocycles. The lowest BCUT2D eigenvalue weighted by molar-refractivity contribution is -0.114. The van der Waals surface area contributed by atoms with Crippen molar-refractivity contribution in [3.05, 3.63) is 47.3 Å². The number of hydrogen-bond donors (Lipinski definition) is 0. The van der Waals surface area contributed by atoms with Crippen LogP contribution in [0.5, 0.6) is 0 Å². The fraction of sp³-hybridized carbons (Fsp3) is 0.471. The predicted octanol–water partition coefficient (Wildman–Crippen LogP) is 2.71. The smallest absolute Gasteiger partial charge is 0.268 e. The molecule has 1 aromatic carbocycles. The lowest BCUT2D eigenvalue weighted by atomic mass is 10.1. The fourth-order valence-electron chi connectivity index (χ4n) is 3.61. The summed E-state index contributed by atoms with van der Waals surface area (Å²) in [4.78, 5) is 5.85. The van der Waals surface area contributed by atoms with Crippen LogP contribution in [0.25, 0.3) is 0 Å². The maximum atomic E-state index is 13.1. The molecule has 128 valence electrons. The second-order valence-corrected chi connectivity index (χ2v) is 8.34. The number of rotatable bonds is 3. The van der Waals surface area contributed by atoms with Gasteiger partial charge in [-0.1, -0.05) is 41.6 Å². The Hall–Kier alpha value is -1.70. The van der Waals surface area contributed by atoms with E-state index in [9.17, 15) is 8.42 Å². The van der Waals surface area contributed by atoms with Gasteiger partial charge < -0.3 is 0 Å². The monoisotopic (exact) mass is 347 g/mol. The molecule has 0 saturated heterocycles. The molecule has 0 atom stereocenters. The van der Waals surface area contributed by atoms with Crippen molar-refractivity contribution in [3.8, 4) is 0 Å². The van der Waals surface area contributed by atoms with Gasteiger partial charge in [0.25, 0.3) is 10.0 Å². The first-order valence-electron chi connectivity index (χ1n) is 8.31. The fourth-order valence-corrected chi connectivity index (χ4v) is 5.09. The van der Waals surface area contributed by atoms with E-state index in [-0.39, 0.29) is 24.0 Å². The van der Waals surface area contributed by atoms with Crippen LogP contribution >= 0.6 is 0 Å². The molecule has 1 fully saturated rings. The normalized spacial score (nSPS) is 19.5. The summed E-state index contributed by atoms with van der Waals surface area (Å²) in [5.74, 6) is 0.230. The number of nitrogens with zero attached hydrogens (tertiary/aromatic N) is 3. The minimum atomic E-state index is -3.72. The molecule has 6 nitrogen and oxygen atoms in total. The molecular weight excluding hydrogens is 326 g/mol. The Kier molecular flexibility index (Phi) is 3.94. The Morgan fingerprint density at radius 2 is 1.88 bits per heavy atom. The first-order valence-corrected chi connectivity index (χ1v) is 9.75. The van der Waals surface area contributed by atoms with Crippen molar-refractivity contribution >= 4 is 10.0 Å². The van der Waals surface area contributed by atoms with Crippen molar-refractivity contribution in [1.29, 1.82) is 0 Å². The van der Waals surface area contributed by atoms with Crippen molar-refractivity contribution < 1.29 is 13.3 Å². The molecule has 1 saturated carbocycles. The van der Waals surface area contributed by atoms with E-state index in [1.54, 1.807) is 17.9 Å². The molecule has 0 unspecified atom stereocenters. The minimum Gasteiger partial charge on any atom is -0.279 e. The Bertz CT molecular complexity index is 854. The standard InChI is InChI=1S/C17H21N3O3S/c1-19-11-16(17(18-19)13-6-2-3-7-13)24(21,22)20-10-14-8-4-5-9-15(14)12-23-20/h4-5,8-9,11,13H,2-3,6-7,10,12H2,1H3. The molecule has 0 N–H and O–H groups in total. The van der Waals surface area contributed by atoms with E-state index in [0.29, 0.717) is 5.69 Å². The zero-order valence-corrected chi connectivity index (χ0v) is 14.5. The van der Waals surface area contributed by atoms with Crippen LogP contribution in [0, 0.1) is 0 Å². The summed E-state index contributed by atoms with van der Waals surface area (Å²) in [7, 11) is -1.96. The summed E-state index contributed by atoms with van der Waals surface area (Å²) in [6, 6.07) is 7.77. The van der Waals surface area contributed by atoms with Crippen molar-refractivity contribution in [2.45, 2.75) is 49.6 Å². The second kappa shape index (κ2) is 5.98. The highest BCUT2D eigenvalue weighted by Gasteiger charge is 2.35. The molecule has 1 aliphatic heterocycles. The maximum Gasteiger partial charge on any atom is 0.268 e. The highest BCUT2D eigenvalue weighted by atomic mass is 32.2. The number of aryl methyl sites for hydroxylation is 1. The van der Waals surface area contributed by atoms with E-state index in [0.717, 1.165) is 41.3 Å². The lowest BCUT2D eigenvalue weighted by Gasteiger charge is -2.27. The van der Waals surface area contributed by atoms with Gasteiger partial charge in [0.2, 0.25) is 0 Å². The molecule has 2 aromatic rings. The number of fused-ring (bicyclic) bond motifs is 1. The first kappa shape index (κ1) is 15.8. The van der Waals surface area contributed by atoms with E-state index in [2.05, 4.69) is 5.10 Å². The van der Waals surface area contributed by atoms with Crippen LogP contribution < -0.4 is 0 Å². The van der Waals surface area contributed by atoms with Crippen LogP contribution in [0.2, 0.25) is 0 Å². The molecule has 0 spiro atoms. The highest BCUT2D eigenvalue weighted by Crippen LogP contribution is 2.37. The molecule has 0 bridgehead atoms. The molecule has 0 radical (unpaired) electrons. The van der Waals surface area contributed by atoms with Crippen LogP contribution in [0.3, 0.4) is 0 Å². The van der Waals surface area contributed by atoms with Crippen molar-refractivity contribution in [1.82, 2.24) is 14.2 Å². The third-order valence-corrected chi connectivity index (χ3v) is 6.53. The minimum absolute atomic E-state index is 0.230. The average molecular weight is 347 g/mol. The van der Waals surface area contributed by atoms with E-state index < -0.39 is 10.0 Å². The predicted molar refractivity (Wildman–Crippen MR) is 88.4 cm³/mol. The van der Waals surface area contributed by atoms with Gasteiger partial charge in [-0.3, -0.25) is 9.52 Å². The van der Waals surface area contributed by atoms with Crippen molar-refractivity contribution in [2.24, 2.45) is 7.05 Å². The SMILES string of the molecule is Cn1cc(S(=O)(=O)N2Cc3ccccc3CO2)c(C2CCCC2)n1. The van der Waals surface area contributed by atoms with E-state index >= 15 is 0 Å². The molecular formula is C17H21N3O3S. The second-order valence-electron chi connectivity index (χ2n) is 6.54. The Labute approximate surface area is 142 Å². The zero-order chi connectivity index (χ0) is 16.7. The third-order valence-electron chi connectivity index (χ3n) is 4.89. The molecule has 24 heavy (non-hydrogen) atoms. The molecule has 2 heterocycles. The largest absolute Gasteiger partial charge is 0.279 e.